The zero-order chi connectivity index (χ0) is 14.7. The Morgan fingerprint density at radius 1 is 1.45 bits per heavy atom. The van der Waals surface area contributed by atoms with E-state index < -0.39 is 0 Å². The van der Waals surface area contributed by atoms with Crippen LogP contribution in [0.4, 0.5) is 0 Å². The highest BCUT2D eigenvalue weighted by molar-refractivity contribution is 7.99. The molecule has 0 fully saturated rings. The number of hydrogen-bond donors (Lipinski definition) is 1. The van der Waals surface area contributed by atoms with Gasteiger partial charge in [-0.3, -0.25) is 14.2 Å². The van der Waals surface area contributed by atoms with Crippen molar-refractivity contribution in [2.75, 3.05) is 5.75 Å². The Kier molecular flexibility index (Phi) is 4.86. The molecule has 1 amide bonds. The molecule has 2 heterocycles. The van der Waals surface area contributed by atoms with Gasteiger partial charge in [0.15, 0.2) is 5.16 Å². The molecule has 6 heteroatoms. The molecule has 1 aromatic heterocycles. The second-order valence-electron chi connectivity index (χ2n) is 5.61. The van der Waals surface area contributed by atoms with Crippen LogP contribution in [0.3, 0.4) is 0 Å². The van der Waals surface area contributed by atoms with Crippen LogP contribution in [0.15, 0.2) is 16.1 Å². The summed E-state index contributed by atoms with van der Waals surface area (Å²) in [6.07, 6.45) is 3.37. The third-order valence-electron chi connectivity index (χ3n) is 3.36. The molecule has 110 valence electrons. The number of nitrogens with one attached hydrogen (secondary N) is 1. The highest BCUT2D eigenvalue weighted by Crippen LogP contribution is 2.20. The van der Waals surface area contributed by atoms with Crippen molar-refractivity contribution in [3.8, 4) is 0 Å². The van der Waals surface area contributed by atoms with Crippen LogP contribution in [0.25, 0.3) is 0 Å². The molecule has 0 bridgehead atoms. The summed E-state index contributed by atoms with van der Waals surface area (Å²) in [7, 11) is 0. The molecule has 5 nitrogen and oxygen atoms in total. The summed E-state index contributed by atoms with van der Waals surface area (Å²) in [4.78, 5) is 28.5. The SMILES string of the molecule is CC(C)CC[C@H](C)NC(=O)c1cnc2n(c1=O)CCS2. The quantitative estimate of drug-likeness (QED) is 0.843. The summed E-state index contributed by atoms with van der Waals surface area (Å²) < 4.78 is 1.58. The lowest BCUT2D eigenvalue weighted by atomic mass is 10.0. The van der Waals surface area contributed by atoms with Crippen molar-refractivity contribution >= 4 is 17.7 Å². The molecule has 1 N–H and O–H groups in total. The number of hydrogen-bond acceptors (Lipinski definition) is 4. The van der Waals surface area contributed by atoms with Crippen molar-refractivity contribution in [1.82, 2.24) is 14.9 Å². The second kappa shape index (κ2) is 6.43. The molecule has 1 aromatic rings. The average molecular weight is 295 g/mol. The molecule has 0 saturated carbocycles. The lowest BCUT2D eigenvalue weighted by molar-refractivity contribution is 0.0934. The molecule has 1 atom stereocenters. The van der Waals surface area contributed by atoms with Gasteiger partial charge in [-0.25, -0.2) is 4.98 Å². The molecular weight excluding hydrogens is 274 g/mol. The first-order valence-corrected chi connectivity index (χ1v) is 8.01. The molecule has 0 spiro atoms. The van der Waals surface area contributed by atoms with E-state index >= 15 is 0 Å². The lowest BCUT2D eigenvalue weighted by Crippen LogP contribution is -2.38. The Bertz CT molecular complexity index is 554. The van der Waals surface area contributed by atoms with Gasteiger partial charge in [-0.2, -0.15) is 0 Å². The van der Waals surface area contributed by atoms with Crippen LogP contribution in [-0.2, 0) is 6.54 Å². The molecule has 0 radical (unpaired) electrons. The topological polar surface area (TPSA) is 64.0 Å². The number of amides is 1. The smallest absolute Gasteiger partial charge is 0.267 e. The van der Waals surface area contributed by atoms with Crippen molar-refractivity contribution in [3.63, 3.8) is 0 Å². The van der Waals surface area contributed by atoms with Crippen molar-refractivity contribution in [2.24, 2.45) is 5.92 Å². The third kappa shape index (κ3) is 3.42. The van der Waals surface area contributed by atoms with E-state index in [9.17, 15) is 9.59 Å². The summed E-state index contributed by atoms with van der Waals surface area (Å²) in [6.45, 7) is 6.91. The number of thioether (sulfide) groups is 1. The van der Waals surface area contributed by atoms with Gasteiger partial charge in [0.05, 0.1) is 0 Å². The highest BCUT2D eigenvalue weighted by atomic mass is 32.2. The molecule has 2 rings (SSSR count). The maximum absolute atomic E-state index is 12.2. The summed E-state index contributed by atoms with van der Waals surface area (Å²) in [5, 5.41) is 3.59. The zero-order valence-electron chi connectivity index (χ0n) is 12.2. The standard InChI is InChI=1S/C14H21N3O2S/c1-9(2)4-5-10(3)16-12(18)11-8-15-14-17(13(11)19)6-7-20-14/h8-10H,4-7H2,1-3H3,(H,16,18)/t10-/m0/s1. The number of rotatable bonds is 5. The molecule has 0 saturated heterocycles. The normalized spacial score (nSPS) is 15.2. The van der Waals surface area contributed by atoms with Gasteiger partial charge in [0.1, 0.15) is 5.56 Å². The molecular formula is C14H21N3O2S. The van der Waals surface area contributed by atoms with Gasteiger partial charge in [0, 0.05) is 24.5 Å². The first kappa shape index (κ1) is 15.1. The monoisotopic (exact) mass is 295 g/mol. The van der Waals surface area contributed by atoms with E-state index in [1.54, 1.807) is 16.3 Å². The fourth-order valence-corrected chi connectivity index (χ4v) is 3.04. The number of fused-ring (bicyclic) bond motifs is 1. The van der Waals surface area contributed by atoms with Gasteiger partial charge in [0.25, 0.3) is 11.5 Å². The maximum atomic E-state index is 12.2. The molecule has 1 aliphatic rings. The Hall–Kier alpha value is -1.30. The van der Waals surface area contributed by atoms with Crippen LogP contribution in [0.2, 0.25) is 0 Å². The first-order valence-electron chi connectivity index (χ1n) is 7.02. The molecule has 1 aliphatic heterocycles. The summed E-state index contributed by atoms with van der Waals surface area (Å²) in [5.74, 6) is 1.14. The van der Waals surface area contributed by atoms with Crippen LogP contribution in [0.5, 0.6) is 0 Å². The molecule has 0 unspecified atom stereocenters. The van der Waals surface area contributed by atoms with Crippen molar-refractivity contribution in [2.45, 2.75) is 51.4 Å². The first-order chi connectivity index (χ1) is 9.49. The number of nitrogens with zero attached hydrogens (tertiary/aromatic N) is 2. The minimum absolute atomic E-state index is 0.0666. The van der Waals surface area contributed by atoms with Crippen LogP contribution < -0.4 is 10.9 Å². The summed E-state index contributed by atoms with van der Waals surface area (Å²) in [5.41, 5.74) is -0.0822. The van der Waals surface area contributed by atoms with Gasteiger partial charge >= 0.3 is 0 Å². The summed E-state index contributed by atoms with van der Waals surface area (Å²) >= 11 is 1.55. The lowest BCUT2D eigenvalue weighted by Gasteiger charge is -2.15. The van der Waals surface area contributed by atoms with Crippen molar-refractivity contribution in [3.05, 3.63) is 22.1 Å². The fraction of sp³-hybridized carbons (Fsp3) is 0.643. The number of aromatic nitrogens is 2. The third-order valence-corrected chi connectivity index (χ3v) is 4.33. The van der Waals surface area contributed by atoms with Crippen molar-refractivity contribution < 1.29 is 4.79 Å². The van der Waals surface area contributed by atoms with Crippen LogP contribution in [0.1, 0.15) is 44.0 Å². The van der Waals surface area contributed by atoms with Crippen LogP contribution in [-0.4, -0.2) is 27.3 Å². The number of carbonyl (C=O) groups is 1. The Morgan fingerprint density at radius 3 is 2.90 bits per heavy atom. The zero-order valence-corrected chi connectivity index (χ0v) is 13.0. The van der Waals surface area contributed by atoms with Gasteiger partial charge in [0.2, 0.25) is 0 Å². The largest absolute Gasteiger partial charge is 0.349 e. The van der Waals surface area contributed by atoms with Gasteiger partial charge in [-0.1, -0.05) is 25.6 Å². The van der Waals surface area contributed by atoms with Crippen LogP contribution >= 0.6 is 11.8 Å². The second-order valence-corrected chi connectivity index (χ2v) is 6.67. The fourth-order valence-electron chi connectivity index (χ4n) is 2.13. The minimum Gasteiger partial charge on any atom is -0.349 e. The maximum Gasteiger partial charge on any atom is 0.267 e. The predicted molar refractivity (Wildman–Crippen MR) is 80.2 cm³/mol. The van der Waals surface area contributed by atoms with E-state index in [1.807, 2.05) is 6.92 Å². The Labute approximate surface area is 123 Å². The molecule has 0 aromatic carbocycles. The Morgan fingerprint density at radius 2 is 2.20 bits per heavy atom. The predicted octanol–water partition coefficient (Wildman–Crippen LogP) is 1.90. The van der Waals surface area contributed by atoms with Gasteiger partial charge < -0.3 is 5.32 Å². The van der Waals surface area contributed by atoms with E-state index in [0.29, 0.717) is 17.6 Å². The Balaban J connectivity index is 2.05. The average Bonchev–Trinajstić information content (AvgIpc) is 2.85. The minimum atomic E-state index is -0.314. The molecule has 0 aliphatic carbocycles. The van der Waals surface area contributed by atoms with E-state index in [0.717, 1.165) is 18.6 Å². The summed E-state index contributed by atoms with van der Waals surface area (Å²) in [6, 6.07) is 0.0666. The van der Waals surface area contributed by atoms with Gasteiger partial charge in [-0.15, -0.1) is 0 Å². The molecule has 20 heavy (non-hydrogen) atoms. The van der Waals surface area contributed by atoms with Crippen LogP contribution in [0, 0.1) is 5.92 Å². The van der Waals surface area contributed by atoms with E-state index in [4.69, 9.17) is 0 Å². The van der Waals surface area contributed by atoms with E-state index in [2.05, 4.69) is 24.1 Å². The number of carbonyl (C=O) groups excluding carboxylic acids is 1. The highest BCUT2D eigenvalue weighted by Gasteiger charge is 2.20. The van der Waals surface area contributed by atoms with E-state index in [-0.39, 0.29) is 23.1 Å². The van der Waals surface area contributed by atoms with Gasteiger partial charge in [-0.05, 0) is 25.7 Å². The van der Waals surface area contributed by atoms with Crippen molar-refractivity contribution in [1.29, 1.82) is 0 Å². The van der Waals surface area contributed by atoms with E-state index in [1.165, 1.54) is 6.20 Å².